The summed E-state index contributed by atoms with van der Waals surface area (Å²) in [5.74, 6) is 1.39. The molecule has 0 unspecified atom stereocenters. The normalized spacial score (nSPS) is 18.7. The van der Waals surface area contributed by atoms with E-state index in [9.17, 15) is 4.39 Å². The third-order valence-electron chi connectivity index (χ3n) is 4.42. The largest absolute Gasteiger partial charge is 0.473 e. The molecule has 0 radical (unpaired) electrons. The molecule has 1 saturated carbocycles. The van der Waals surface area contributed by atoms with Crippen LogP contribution in [0.2, 0.25) is 0 Å². The first-order valence-corrected chi connectivity index (χ1v) is 8.54. The van der Waals surface area contributed by atoms with Gasteiger partial charge < -0.3 is 18.7 Å². The van der Waals surface area contributed by atoms with Crippen molar-refractivity contribution in [3.05, 3.63) is 54.1 Å². The molecule has 140 valence electrons. The summed E-state index contributed by atoms with van der Waals surface area (Å²) in [5, 5.41) is 3.77. The quantitative estimate of drug-likeness (QED) is 0.587. The van der Waals surface area contributed by atoms with Crippen molar-refractivity contribution in [2.75, 3.05) is 13.9 Å². The smallest absolute Gasteiger partial charge is 0.256 e. The molecule has 8 heteroatoms. The Morgan fingerprint density at radius 1 is 1.11 bits per heavy atom. The molecule has 2 aromatic heterocycles. The number of benzene rings is 1. The molecule has 0 atom stereocenters. The lowest BCUT2D eigenvalue weighted by Gasteiger charge is -2.35. The molecule has 3 aromatic rings. The van der Waals surface area contributed by atoms with E-state index in [-0.39, 0.29) is 18.7 Å². The van der Waals surface area contributed by atoms with E-state index < -0.39 is 0 Å². The van der Waals surface area contributed by atoms with Crippen molar-refractivity contribution in [3.63, 3.8) is 0 Å². The Labute approximate surface area is 155 Å². The molecular weight excluding hydrogens is 353 g/mol. The Morgan fingerprint density at radius 2 is 1.93 bits per heavy atom. The zero-order chi connectivity index (χ0) is 18.6. The molecule has 2 heterocycles. The highest BCUT2D eigenvalue weighted by molar-refractivity contribution is 5.51. The average Bonchev–Trinajstić information content (AvgIpc) is 3.13. The van der Waals surface area contributed by atoms with Gasteiger partial charge in [-0.2, -0.15) is 0 Å². The van der Waals surface area contributed by atoms with Crippen molar-refractivity contribution >= 4 is 0 Å². The van der Waals surface area contributed by atoms with Crippen molar-refractivity contribution in [1.29, 1.82) is 0 Å². The van der Waals surface area contributed by atoms with Crippen LogP contribution in [0.3, 0.4) is 0 Å². The van der Waals surface area contributed by atoms with Gasteiger partial charge in [-0.25, -0.2) is 14.4 Å². The molecule has 7 nitrogen and oxygen atoms in total. The monoisotopic (exact) mass is 371 g/mol. The summed E-state index contributed by atoms with van der Waals surface area (Å²) in [4.78, 5) is 8.56. The maximum atomic E-state index is 13.0. The Kier molecular flexibility index (Phi) is 4.97. The van der Waals surface area contributed by atoms with Crippen LogP contribution in [0, 0.1) is 5.82 Å². The van der Waals surface area contributed by atoms with E-state index in [1.54, 1.807) is 18.5 Å². The highest BCUT2D eigenvalue weighted by atomic mass is 19.1. The van der Waals surface area contributed by atoms with E-state index in [0.717, 1.165) is 18.4 Å². The summed E-state index contributed by atoms with van der Waals surface area (Å²) in [5.41, 5.74) is 1.66. The van der Waals surface area contributed by atoms with Gasteiger partial charge in [0.1, 0.15) is 17.6 Å². The van der Waals surface area contributed by atoms with Crippen molar-refractivity contribution < 1.29 is 23.1 Å². The van der Waals surface area contributed by atoms with Crippen LogP contribution in [0.4, 0.5) is 4.39 Å². The Hall–Kier alpha value is -3.00. The van der Waals surface area contributed by atoms with E-state index >= 15 is 0 Å². The van der Waals surface area contributed by atoms with Gasteiger partial charge in [-0.3, -0.25) is 0 Å². The maximum absolute atomic E-state index is 13.0. The van der Waals surface area contributed by atoms with Crippen molar-refractivity contribution in [1.82, 2.24) is 15.1 Å². The molecule has 0 N–H and O–H groups in total. The van der Waals surface area contributed by atoms with Gasteiger partial charge in [0, 0.05) is 7.11 Å². The van der Waals surface area contributed by atoms with Gasteiger partial charge in [0.15, 0.2) is 12.6 Å². The molecule has 27 heavy (non-hydrogen) atoms. The van der Waals surface area contributed by atoms with Gasteiger partial charge in [-0.05, 0) is 41.6 Å². The molecule has 0 aliphatic heterocycles. The number of halogens is 1. The Bertz CT molecular complexity index is 877. The standard InChI is InChI=1S/C19H18FN3O4/c1-24-11-25-18-8-17(27-23-18)16-9-22-19(10-21-16)26-15-6-13(7-15)12-2-4-14(20)5-3-12/h2-5,8-10,13,15H,6-7,11H2,1H3/t13-,15+. The molecule has 0 bridgehead atoms. The number of aromatic nitrogens is 3. The Balaban J connectivity index is 1.31. The van der Waals surface area contributed by atoms with Crippen LogP contribution in [-0.2, 0) is 4.74 Å². The first-order chi connectivity index (χ1) is 13.2. The SMILES string of the molecule is COCOc1cc(-c2cnc(O[C@H]3C[C@@H](c4ccc(F)cc4)C3)cn2)on1. The number of hydrogen-bond donors (Lipinski definition) is 0. The lowest BCUT2D eigenvalue weighted by atomic mass is 9.77. The summed E-state index contributed by atoms with van der Waals surface area (Å²) in [6.45, 7) is 0.0880. The number of hydrogen-bond acceptors (Lipinski definition) is 7. The van der Waals surface area contributed by atoms with Crippen LogP contribution in [0.15, 0.2) is 47.2 Å². The van der Waals surface area contributed by atoms with Gasteiger partial charge in [-0.1, -0.05) is 12.1 Å². The lowest BCUT2D eigenvalue weighted by molar-refractivity contribution is 0.0453. The van der Waals surface area contributed by atoms with E-state index in [2.05, 4.69) is 15.1 Å². The van der Waals surface area contributed by atoms with Crippen LogP contribution in [0.5, 0.6) is 11.8 Å². The van der Waals surface area contributed by atoms with Gasteiger partial charge in [-0.15, -0.1) is 0 Å². The fourth-order valence-electron chi connectivity index (χ4n) is 2.91. The van der Waals surface area contributed by atoms with Crippen molar-refractivity contribution in [2.45, 2.75) is 24.9 Å². The van der Waals surface area contributed by atoms with Crippen molar-refractivity contribution in [2.24, 2.45) is 0 Å². The molecule has 0 saturated heterocycles. The molecule has 4 rings (SSSR count). The summed E-state index contributed by atoms with van der Waals surface area (Å²) in [6.07, 6.45) is 4.94. The number of ether oxygens (including phenoxy) is 3. The van der Waals surface area contributed by atoms with Gasteiger partial charge in [0.05, 0.1) is 18.5 Å². The zero-order valence-corrected chi connectivity index (χ0v) is 14.7. The van der Waals surface area contributed by atoms with Crippen LogP contribution < -0.4 is 9.47 Å². The van der Waals surface area contributed by atoms with Crippen LogP contribution >= 0.6 is 0 Å². The average molecular weight is 371 g/mol. The predicted octanol–water partition coefficient (Wildman–Crippen LogP) is 3.58. The molecule has 1 aliphatic carbocycles. The van der Waals surface area contributed by atoms with Crippen LogP contribution in [0.1, 0.15) is 24.3 Å². The van der Waals surface area contributed by atoms with E-state index in [1.807, 2.05) is 12.1 Å². The van der Waals surface area contributed by atoms with Gasteiger partial charge in [0.25, 0.3) is 5.88 Å². The topological polar surface area (TPSA) is 79.5 Å². The minimum absolute atomic E-state index is 0.0829. The molecule has 1 fully saturated rings. The lowest BCUT2D eigenvalue weighted by Crippen LogP contribution is -2.32. The molecule has 1 aliphatic rings. The summed E-state index contributed by atoms with van der Waals surface area (Å²) in [6, 6.07) is 8.24. The second-order valence-electron chi connectivity index (χ2n) is 6.28. The zero-order valence-electron chi connectivity index (χ0n) is 14.7. The first-order valence-electron chi connectivity index (χ1n) is 8.54. The first kappa shape index (κ1) is 17.4. The second-order valence-corrected chi connectivity index (χ2v) is 6.28. The highest BCUT2D eigenvalue weighted by Crippen LogP contribution is 2.38. The number of methoxy groups -OCH3 is 1. The summed E-state index contributed by atoms with van der Waals surface area (Å²) < 4.78 is 34.0. The van der Waals surface area contributed by atoms with E-state index in [1.165, 1.54) is 19.2 Å². The fourth-order valence-corrected chi connectivity index (χ4v) is 2.91. The third-order valence-corrected chi connectivity index (χ3v) is 4.42. The molecular formula is C19H18FN3O4. The molecule has 0 amide bonds. The fraction of sp³-hybridized carbons (Fsp3) is 0.316. The van der Waals surface area contributed by atoms with E-state index in [4.69, 9.17) is 18.7 Å². The summed E-state index contributed by atoms with van der Waals surface area (Å²) >= 11 is 0. The van der Waals surface area contributed by atoms with Crippen LogP contribution in [-0.4, -0.2) is 35.1 Å². The molecule has 0 spiro atoms. The van der Waals surface area contributed by atoms with E-state index in [0.29, 0.717) is 29.1 Å². The van der Waals surface area contributed by atoms with Crippen molar-refractivity contribution in [3.8, 4) is 23.2 Å². The minimum Gasteiger partial charge on any atom is -0.473 e. The highest BCUT2D eigenvalue weighted by Gasteiger charge is 2.32. The predicted molar refractivity (Wildman–Crippen MR) is 92.8 cm³/mol. The third kappa shape index (κ3) is 4.06. The van der Waals surface area contributed by atoms with Gasteiger partial charge >= 0.3 is 0 Å². The summed E-state index contributed by atoms with van der Waals surface area (Å²) in [7, 11) is 1.52. The second kappa shape index (κ2) is 7.71. The van der Waals surface area contributed by atoms with Gasteiger partial charge in [0.2, 0.25) is 5.88 Å². The van der Waals surface area contributed by atoms with Crippen LogP contribution in [0.25, 0.3) is 11.5 Å². The maximum Gasteiger partial charge on any atom is 0.256 e. The number of nitrogens with zero attached hydrogens (tertiary/aromatic N) is 3. The molecule has 1 aromatic carbocycles. The minimum atomic E-state index is -0.217. The number of rotatable bonds is 7. The Morgan fingerprint density at radius 3 is 2.63 bits per heavy atom.